The Hall–Kier alpha value is -1.51. The van der Waals surface area contributed by atoms with Gasteiger partial charge in [-0.05, 0) is 42.9 Å². The van der Waals surface area contributed by atoms with Crippen LogP contribution in [0.1, 0.15) is 49.7 Å². The first-order valence-electron chi connectivity index (χ1n) is 7.27. The lowest BCUT2D eigenvalue weighted by Gasteiger charge is -2.21. The maximum Gasteiger partial charge on any atom is 0.220 e. The van der Waals surface area contributed by atoms with Gasteiger partial charge < -0.3 is 11.1 Å². The van der Waals surface area contributed by atoms with Crippen LogP contribution in [0.5, 0.6) is 0 Å². The smallest absolute Gasteiger partial charge is 0.220 e. The van der Waals surface area contributed by atoms with Crippen molar-refractivity contribution in [2.75, 3.05) is 5.73 Å². The van der Waals surface area contributed by atoms with Crippen molar-refractivity contribution in [3.05, 3.63) is 29.3 Å². The highest BCUT2D eigenvalue weighted by molar-refractivity contribution is 5.76. The van der Waals surface area contributed by atoms with Crippen LogP contribution in [0.25, 0.3) is 0 Å². The van der Waals surface area contributed by atoms with Gasteiger partial charge in [0.15, 0.2) is 0 Å². The molecule has 1 saturated carbocycles. The molecule has 1 aliphatic carbocycles. The third kappa shape index (κ3) is 3.98. The van der Waals surface area contributed by atoms with Crippen LogP contribution in [0, 0.1) is 12.8 Å². The maximum atomic E-state index is 11.9. The van der Waals surface area contributed by atoms with Crippen LogP contribution in [-0.4, -0.2) is 5.91 Å². The van der Waals surface area contributed by atoms with E-state index in [9.17, 15) is 4.79 Å². The van der Waals surface area contributed by atoms with Gasteiger partial charge in [-0.3, -0.25) is 4.79 Å². The molecule has 19 heavy (non-hydrogen) atoms. The maximum absolute atomic E-state index is 11.9. The lowest BCUT2D eigenvalue weighted by atomic mass is 9.87. The molecule has 2 rings (SSSR count). The number of rotatable bonds is 4. The largest absolute Gasteiger partial charge is 0.399 e. The molecule has 1 fully saturated rings. The van der Waals surface area contributed by atoms with Gasteiger partial charge in [0.2, 0.25) is 5.91 Å². The minimum absolute atomic E-state index is 0.175. The van der Waals surface area contributed by atoms with E-state index in [0.29, 0.717) is 18.9 Å². The van der Waals surface area contributed by atoms with Gasteiger partial charge in [-0.1, -0.05) is 31.4 Å². The van der Waals surface area contributed by atoms with Gasteiger partial charge >= 0.3 is 0 Å². The summed E-state index contributed by atoms with van der Waals surface area (Å²) >= 11 is 0. The summed E-state index contributed by atoms with van der Waals surface area (Å²) < 4.78 is 0. The SMILES string of the molecule is Cc1c(N)cccc1CNC(=O)CC1CCCCC1. The molecule has 0 radical (unpaired) electrons. The van der Waals surface area contributed by atoms with E-state index in [1.54, 1.807) is 0 Å². The molecule has 1 aromatic rings. The molecule has 0 aromatic heterocycles. The predicted octanol–water partition coefficient (Wildman–Crippen LogP) is 3.16. The first kappa shape index (κ1) is 13.9. The molecule has 0 bridgehead atoms. The molecule has 3 heteroatoms. The molecular weight excluding hydrogens is 236 g/mol. The first-order valence-corrected chi connectivity index (χ1v) is 7.27. The highest BCUT2D eigenvalue weighted by Crippen LogP contribution is 2.26. The topological polar surface area (TPSA) is 55.1 Å². The van der Waals surface area contributed by atoms with E-state index in [-0.39, 0.29) is 5.91 Å². The predicted molar refractivity (Wildman–Crippen MR) is 78.6 cm³/mol. The van der Waals surface area contributed by atoms with Crippen LogP contribution in [0.3, 0.4) is 0 Å². The summed E-state index contributed by atoms with van der Waals surface area (Å²) in [5, 5.41) is 3.02. The van der Waals surface area contributed by atoms with Crippen molar-refractivity contribution >= 4 is 11.6 Å². The minimum atomic E-state index is 0.175. The lowest BCUT2D eigenvalue weighted by Crippen LogP contribution is -2.26. The fourth-order valence-corrected chi connectivity index (χ4v) is 2.81. The number of nitrogens with one attached hydrogen (secondary N) is 1. The molecule has 0 saturated heterocycles. The van der Waals surface area contributed by atoms with Gasteiger partial charge in [0.25, 0.3) is 0 Å². The van der Waals surface area contributed by atoms with Crippen LogP contribution in [-0.2, 0) is 11.3 Å². The summed E-state index contributed by atoms with van der Waals surface area (Å²) in [6.45, 7) is 2.58. The molecule has 1 aliphatic rings. The van der Waals surface area contributed by atoms with Gasteiger partial charge in [0.05, 0.1) is 0 Å². The van der Waals surface area contributed by atoms with E-state index in [4.69, 9.17) is 5.73 Å². The number of hydrogen-bond donors (Lipinski definition) is 2. The van der Waals surface area contributed by atoms with Crippen molar-refractivity contribution in [2.45, 2.75) is 52.0 Å². The number of hydrogen-bond acceptors (Lipinski definition) is 2. The molecule has 104 valence electrons. The van der Waals surface area contributed by atoms with Crippen LogP contribution in [0.2, 0.25) is 0 Å². The highest BCUT2D eigenvalue weighted by atomic mass is 16.1. The van der Waals surface area contributed by atoms with Crippen LogP contribution >= 0.6 is 0 Å². The Morgan fingerprint density at radius 2 is 2.05 bits per heavy atom. The van der Waals surface area contributed by atoms with E-state index in [0.717, 1.165) is 16.8 Å². The van der Waals surface area contributed by atoms with Gasteiger partial charge in [-0.2, -0.15) is 0 Å². The van der Waals surface area contributed by atoms with Crippen LogP contribution in [0.4, 0.5) is 5.69 Å². The second-order valence-electron chi connectivity index (χ2n) is 5.62. The number of anilines is 1. The second-order valence-corrected chi connectivity index (χ2v) is 5.62. The number of carbonyl (C=O) groups is 1. The van der Waals surface area contributed by atoms with Gasteiger partial charge in [-0.15, -0.1) is 0 Å². The summed E-state index contributed by atoms with van der Waals surface area (Å²) in [5.41, 5.74) is 8.83. The Balaban J connectivity index is 1.81. The Labute approximate surface area is 115 Å². The monoisotopic (exact) mass is 260 g/mol. The van der Waals surface area contributed by atoms with Crippen molar-refractivity contribution in [3.63, 3.8) is 0 Å². The Bertz CT molecular complexity index is 436. The first-order chi connectivity index (χ1) is 9.16. The van der Waals surface area contributed by atoms with E-state index >= 15 is 0 Å². The summed E-state index contributed by atoms with van der Waals surface area (Å²) in [7, 11) is 0. The molecule has 0 atom stereocenters. The molecule has 0 spiro atoms. The fourth-order valence-electron chi connectivity index (χ4n) is 2.81. The summed E-state index contributed by atoms with van der Waals surface area (Å²) in [6, 6.07) is 5.85. The number of nitrogens with two attached hydrogens (primary N) is 1. The third-order valence-corrected chi connectivity index (χ3v) is 4.16. The van der Waals surface area contributed by atoms with Crippen LogP contribution in [0.15, 0.2) is 18.2 Å². The van der Waals surface area contributed by atoms with Gasteiger partial charge in [-0.25, -0.2) is 0 Å². The third-order valence-electron chi connectivity index (χ3n) is 4.16. The average Bonchev–Trinajstić information content (AvgIpc) is 2.42. The molecule has 1 aromatic carbocycles. The van der Waals surface area contributed by atoms with E-state index < -0.39 is 0 Å². The number of amides is 1. The molecule has 1 amide bonds. The number of nitrogen functional groups attached to an aromatic ring is 1. The van der Waals surface area contributed by atoms with Crippen molar-refractivity contribution in [3.8, 4) is 0 Å². The van der Waals surface area contributed by atoms with Crippen LogP contribution < -0.4 is 11.1 Å². The lowest BCUT2D eigenvalue weighted by molar-refractivity contribution is -0.122. The summed E-state index contributed by atoms with van der Waals surface area (Å²) in [4.78, 5) is 11.9. The van der Waals surface area contributed by atoms with E-state index in [1.165, 1.54) is 32.1 Å². The number of benzene rings is 1. The zero-order valence-corrected chi connectivity index (χ0v) is 11.7. The highest BCUT2D eigenvalue weighted by Gasteiger charge is 2.16. The van der Waals surface area contributed by atoms with Crippen molar-refractivity contribution in [2.24, 2.45) is 5.92 Å². The molecular formula is C16H24N2O. The Morgan fingerprint density at radius 1 is 1.32 bits per heavy atom. The van der Waals surface area contributed by atoms with E-state index in [2.05, 4.69) is 5.32 Å². The number of carbonyl (C=O) groups excluding carboxylic acids is 1. The Morgan fingerprint density at radius 3 is 2.79 bits per heavy atom. The zero-order valence-electron chi connectivity index (χ0n) is 11.7. The Kier molecular flexibility index (Phi) is 4.83. The molecule has 0 heterocycles. The normalized spacial score (nSPS) is 16.3. The second kappa shape index (κ2) is 6.60. The molecule has 0 unspecified atom stereocenters. The molecule has 3 nitrogen and oxygen atoms in total. The van der Waals surface area contributed by atoms with E-state index in [1.807, 2.05) is 25.1 Å². The fraction of sp³-hybridized carbons (Fsp3) is 0.562. The van der Waals surface area contributed by atoms with Gasteiger partial charge in [0.1, 0.15) is 0 Å². The van der Waals surface area contributed by atoms with Crippen molar-refractivity contribution in [1.82, 2.24) is 5.32 Å². The van der Waals surface area contributed by atoms with Crippen molar-refractivity contribution < 1.29 is 4.79 Å². The van der Waals surface area contributed by atoms with Gasteiger partial charge in [0, 0.05) is 18.7 Å². The quantitative estimate of drug-likeness (QED) is 0.817. The zero-order chi connectivity index (χ0) is 13.7. The van der Waals surface area contributed by atoms with Crippen molar-refractivity contribution in [1.29, 1.82) is 0 Å². The standard InChI is InChI=1S/C16H24N2O/c1-12-14(8-5-9-15(12)17)11-18-16(19)10-13-6-3-2-4-7-13/h5,8-9,13H,2-4,6-7,10-11,17H2,1H3,(H,18,19). The molecule has 3 N–H and O–H groups in total. The minimum Gasteiger partial charge on any atom is -0.399 e. The average molecular weight is 260 g/mol. The molecule has 0 aliphatic heterocycles. The summed E-state index contributed by atoms with van der Waals surface area (Å²) in [6.07, 6.45) is 7.01. The summed E-state index contributed by atoms with van der Waals surface area (Å²) in [5.74, 6) is 0.768.